The van der Waals surface area contributed by atoms with Crippen LogP contribution in [0.25, 0.3) is 0 Å². The van der Waals surface area contributed by atoms with Crippen LogP contribution in [0.15, 0.2) is 24.3 Å². The standard InChI is InChI=1S/C15H21FN2O2/c1-10(2)14-8-18(13(9-19)7-17-14)15(20)11-3-5-12(16)6-4-11/h3-6,10,13-14,17,19H,7-9H2,1-2H3. The Kier molecular flexibility index (Phi) is 4.73. The molecule has 0 aliphatic carbocycles. The summed E-state index contributed by atoms with van der Waals surface area (Å²) in [7, 11) is 0. The molecule has 0 spiro atoms. The highest BCUT2D eigenvalue weighted by Gasteiger charge is 2.32. The zero-order valence-corrected chi connectivity index (χ0v) is 11.8. The van der Waals surface area contributed by atoms with Gasteiger partial charge in [0.15, 0.2) is 0 Å². The predicted octanol–water partition coefficient (Wildman–Crippen LogP) is 1.26. The molecule has 0 saturated carbocycles. The molecular formula is C15H21FN2O2. The fourth-order valence-electron chi connectivity index (χ4n) is 2.44. The summed E-state index contributed by atoms with van der Waals surface area (Å²) in [6, 6.07) is 5.51. The van der Waals surface area contributed by atoms with Crippen LogP contribution in [-0.4, -0.2) is 47.7 Å². The molecule has 5 heteroatoms. The van der Waals surface area contributed by atoms with Gasteiger partial charge in [-0.25, -0.2) is 4.39 Å². The Morgan fingerprint density at radius 3 is 2.65 bits per heavy atom. The van der Waals surface area contributed by atoms with Gasteiger partial charge in [-0.3, -0.25) is 4.79 Å². The second-order valence-electron chi connectivity index (χ2n) is 5.56. The number of halogens is 1. The van der Waals surface area contributed by atoms with Gasteiger partial charge in [0.05, 0.1) is 12.6 Å². The Labute approximate surface area is 118 Å². The number of nitrogens with one attached hydrogen (secondary N) is 1. The number of carbonyl (C=O) groups is 1. The van der Waals surface area contributed by atoms with Gasteiger partial charge in [-0.1, -0.05) is 13.8 Å². The molecule has 110 valence electrons. The zero-order chi connectivity index (χ0) is 14.7. The van der Waals surface area contributed by atoms with Crippen LogP contribution < -0.4 is 5.32 Å². The summed E-state index contributed by atoms with van der Waals surface area (Å²) in [5.74, 6) is -0.116. The van der Waals surface area contributed by atoms with E-state index in [2.05, 4.69) is 19.2 Å². The number of aliphatic hydroxyl groups is 1. The van der Waals surface area contributed by atoms with E-state index in [9.17, 15) is 14.3 Å². The molecule has 0 aromatic heterocycles. The van der Waals surface area contributed by atoms with E-state index in [-0.39, 0.29) is 30.4 Å². The van der Waals surface area contributed by atoms with Gasteiger partial charge >= 0.3 is 0 Å². The van der Waals surface area contributed by atoms with E-state index in [1.807, 2.05) is 0 Å². The van der Waals surface area contributed by atoms with Crippen LogP contribution in [0.2, 0.25) is 0 Å². The fourth-order valence-corrected chi connectivity index (χ4v) is 2.44. The highest BCUT2D eigenvalue weighted by molar-refractivity contribution is 5.94. The first kappa shape index (κ1) is 14.9. The maximum absolute atomic E-state index is 12.9. The topological polar surface area (TPSA) is 52.6 Å². The summed E-state index contributed by atoms with van der Waals surface area (Å²) in [6.45, 7) is 5.24. The lowest BCUT2D eigenvalue weighted by Crippen LogP contribution is -2.60. The molecule has 2 N–H and O–H groups in total. The number of nitrogens with zero attached hydrogens (tertiary/aromatic N) is 1. The second kappa shape index (κ2) is 6.33. The normalized spacial score (nSPS) is 23.1. The van der Waals surface area contributed by atoms with Crippen molar-refractivity contribution in [1.82, 2.24) is 10.2 Å². The van der Waals surface area contributed by atoms with Gasteiger partial charge in [-0.2, -0.15) is 0 Å². The number of benzene rings is 1. The van der Waals surface area contributed by atoms with Gasteiger partial charge in [0.1, 0.15) is 5.82 Å². The maximum Gasteiger partial charge on any atom is 0.254 e. The minimum Gasteiger partial charge on any atom is -0.394 e. The highest BCUT2D eigenvalue weighted by atomic mass is 19.1. The van der Waals surface area contributed by atoms with E-state index >= 15 is 0 Å². The number of hydrogen-bond acceptors (Lipinski definition) is 3. The van der Waals surface area contributed by atoms with Crippen molar-refractivity contribution in [3.63, 3.8) is 0 Å². The van der Waals surface area contributed by atoms with Crippen LogP contribution in [0.5, 0.6) is 0 Å². The van der Waals surface area contributed by atoms with E-state index in [1.165, 1.54) is 24.3 Å². The van der Waals surface area contributed by atoms with Crippen molar-refractivity contribution in [3.05, 3.63) is 35.6 Å². The van der Waals surface area contributed by atoms with Crippen LogP contribution in [0.4, 0.5) is 4.39 Å². The van der Waals surface area contributed by atoms with Gasteiger partial charge in [0.25, 0.3) is 5.91 Å². The smallest absolute Gasteiger partial charge is 0.254 e. The van der Waals surface area contributed by atoms with Crippen LogP contribution in [0, 0.1) is 11.7 Å². The first-order valence-electron chi connectivity index (χ1n) is 6.93. The van der Waals surface area contributed by atoms with Crippen molar-refractivity contribution in [2.45, 2.75) is 25.9 Å². The summed E-state index contributed by atoms with van der Waals surface area (Å²) in [4.78, 5) is 14.2. The average molecular weight is 280 g/mol. The van der Waals surface area contributed by atoms with Gasteiger partial charge in [0, 0.05) is 24.7 Å². The molecule has 20 heavy (non-hydrogen) atoms. The van der Waals surface area contributed by atoms with E-state index in [0.717, 1.165) is 0 Å². The Morgan fingerprint density at radius 1 is 1.45 bits per heavy atom. The largest absolute Gasteiger partial charge is 0.394 e. The van der Waals surface area contributed by atoms with Crippen molar-refractivity contribution in [2.24, 2.45) is 5.92 Å². The number of hydrogen-bond donors (Lipinski definition) is 2. The summed E-state index contributed by atoms with van der Waals surface area (Å²) in [6.07, 6.45) is 0. The van der Waals surface area contributed by atoms with Crippen molar-refractivity contribution < 1.29 is 14.3 Å². The number of rotatable bonds is 3. The third-order valence-electron chi connectivity index (χ3n) is 3.82. The number of amides is 1. The third kappa shape index (κ3) is 3.16. The molecule has 1 aromatic rings. The number of aliphatic hydroxyl groups excluding tert-OH is 1. The summed E-state index contributed by atoms with van der Waals surface area (Å²) >= 11 is 0. The molecule has 1 aliphatic rings. The molecule has 1 saturated heterocycles. The van der Waals surface area contributed by atoms with Crippen LogP contribution in [0.3, 0.4) is 0 Å². The molecule has 0 radical (unpaired) electrons. The lowest BCUT2D eigenvalue weighted by molar-refractivity contribution is 0.0434. The number of piperazine rings is 1. The van der Waals surface area contributed by atoms with Crippen molar-refractivity contribution in [1.29, 1.82) is 0 Å². The Morgan fingerprint density at radius 2 is 2.10 bits per heavy atom. The lowest BCUT2D eigenvalue weighted by atomic mass is 9.98. The SMILES string of the molecule is CC(C)C1CN(C(=O)c2ccc(F)cc2)C(CO)CN1. The van der Waals surface area contributed by atoms with Crippen LogP contribution >= 0.6 is 0 Å². The summed E-state index contributed by atoms with van der Waals surface area (Å²) in [5.41, 5.74) is 0.453. The first-order chi connectivity index (χ1) is 9.52. The van der Waals surface area contributed by atoms with E-state index in [4.69, 9.17) is 0 Å². The third-order valence-corrected chi connectivity index (χ3v) is 3.82. The molecule has 1 amide bonds. The first-order valence-corrected chi connectivity index (χ1v) is 6.93. The molecule has 1 heterocycles. The lowest BCUT2D eigenvalue weighted by Gasteiger charge is -2.41. The van der Waals surface area contributed by atoms with Crippen molar-refractivity contribution in [2.75, 3.05) is 19.7 Å². The molecule has 2 atom stereocenters. The van der Waals surface area contributed by atoms with Crippen LogP contribution in [-0.2, 0) is 0 Å². The Balaban J connectivity index is 2.17. The zero-order valence-electron chi connectivity index (χ0n) is 11.8. The monoisotopic (exact) mass is 280 g/mol. The molecule has 2 rings (SSSR count). The second-order valence-corrected chi connectivity index (χ2v) is 5.56. The Hall–Kier alpha value is -1.46. The van der Waals surface area contributed by atoms with Crippen molar-refractivity contribution >= 4 is 5.91 Å². The average Bonchev–Trinajstić information content (AvgIpc) is 2.46. The molecule has 0 bridgehead atoms. The van der Waals surface area contributed by atoms with E-state index in [0.29, 0.717) is 24.6 Å². The molecule has 1 aliphatic heterocycles. The minimum atomic E-state index is -0.361. The van der Waals surface area contributed by atoms with E-state index in [1.54, 1.807) is 4.90 Å². The fraction of sp³-hybridized carbons (Fsp3) is 0.533. The molecular weight excluding hydrogens is 259 g/mol. The quantitative estimate of drug-likeness (QED) is 0.876. The van der Waals surface area contributed by atoms with Gasteiger partial charge < -0.3 is 15.3 Å². The molecule has 1 aromatic carbocycles. The van der Waals surface area contributed by atoms with Crippen molar-refractivity contribution in [3.8, 4) is 0 Å². The molecule has 2 unspecified atom stereocenters. The predicted molar refractivity (Wildman–Crippen MR) is 74.9 cm³/mol. The summed E-state index contributed by atoms with van der Waals surface area (Å²) < 4.78 is 12.9. The Bertz CT molecular complexity index is 461. The molecule has 1 fully saturated rings. The minimum absolute atomic E-state index is 0.0786. The van der Waals surface area contributed by atoms with E-state index < -0.39 is 0 Å². The summed E-state index contributed by atoms with van der Waals surface area (Å²) in [5, 5.41) is 12.8. The molecule has 4 nitrogen and oxygen atoms in total. The van der Waals surface area contributed by atoms with Gasteiger partial charge in [-0.15, -0.1) is 0 Å². The van der Waals surface area contributed by atoms with Gasteiger partial charge in [0.2, 0.25) is 0 Å². The maximum atomic E-state index is 12.9. The van der Waals surface area contributed by atoms with Crippen LogP contribution in [0.1, 0.15) is 24.2 Å². The number of carbonyl (C=O) groups excluding carboxylic acids is 1. The highest BCUT2D eigenvalue weighted by Crippen LogP contribution is 2.16. The van der Waals surface area contributed by atoms with Gasteiger partial charge in [-0.05, 0) is 30.2 Å².